The molecule has 0 radical (unpaired) electrons. The maximum absolute atomic E-state index is 12.5. The number of nitrogens with one attached hydrogen (secondary N) is 2. The number of pyridine rings is 1. The standard InChI is InChI=1S/C25H28N6O2S/c1-16(2)31-15-19(18-7-9-26-14-22(18)31)20-8-10-28-25(29-20)30-21-13-17(5-6-23(21)33-3)24(32)27-11-12-34-4/h5-10,13-16H,11-12H2,1-4H3,(H,27,32)(H,28,29,30). The number of hydrogen-bond acceptors (Lipinski definition) is 7. The van der Waals surface area contributed by atoms with Gasteiger partial charge in [0.1, 0.15) is 5.75 Å². The lowest BCUT2D eigenvalue weighted by atomic mass is 10.1. The van der Waals surface area contributed by atoms with Gasteiger partial charge < -0.3 is 19.9 Å². The highest BCUT2D eigenvalue weighted by molar-refractivity contribution is 7.98. The van der Waals surface area contributed by atoms with Crippen LogP contribution in [-0.2, 0) is 0 Å². The molecule has 0 aliphatic heterocycles. The molecular weight excluding hydrogens is 448 g/mol. The zero-order chi connectivity index (χ0) is 24.1. The Morgan fingerprint density at radius 3 is 2.82 bits per heavy atom. The summed E-state index contributed by atoms with van der Waals surface area (Å²) in [4.78, 5) is 26.0. The van der Waals surface area contributed by atoms with Crippen LogP contribution < -0.4 is 15.4 Å². The Labute approximate surface area is 203 Å². The normalized spacial score (nSPS) is 11.1. The van der Waals surface area contributed by atoms with Gasteiger partial charge in [-0.2, -0.15) is 11.8 Å². The van der Waals surface area contributed by atoms with Crippen molar-refractivity contribution in [2.45, 2.75) is 19.9 Å². The summed E-state index contributed by atoms with van der Waals surface area (Å²) < 4.78 is 7.68. The van der Waals surface area contributed by atoms with Crippen LogP contribution in [0.25, 0.3) is 22.2 Å². The molecule has 0 aliphatic rings. The number of rotatable bonds is 9. The maximum Gasteiger partial charge on any atom is 0.251 e. The number of carbonyl (C=O) groups excluding carboxylic acids is 1. The lowest BCUT2D eigenvalue weighted by molar-refractivity contribution is 0.0956. The van der Waals surface area contributed by atoms with Crippen LogP contribution in [-0.4, -0.2) is 51.1 Å². The largest absolute Gasteiger partial charge is 0.495 e. The van der Waals surface area contributed by atoms with Gasteiger partial charge in [-0.1, -0.05) is 0 Å². The van der Waals surface area contributed by atoms with Crippen LogP contribution in [0.2, 0.25) is 0 Å². The van der Waals surface area contributed by atoms with Gasteiger partial charge in [0.15, 0.2) is 0 Å². The molecule has 0 fully saturated rings. The second kappa shape index (κ2) is 10.6. The third-order valence-corrected chi connectivity index (χ3v) is 6.04. The molecule has 0 unspecified atom stereocenters. The van der Waals surface area contributed by atoms with Crippen LogP contribution in [0.4, 0.5) is 11.6 Å². The van der Waals surface area contributed by atoms with Gasteiger partial charge in [0, 0.05) is 53.4 Å². The predicted molar refractivity (Wildman–Crippen MR) is 138 cm³/mol. The molecular formula is C25H28N6O2S. The van der Waals surface area contributed by atoms with Crippen LogP contribution in [0, 0.1) is 0 Å². The molecule has 9 heteroatoms. The maximum atomic E-state index is 12.5. The quantitative estimate of drug-likeness (QED) is 0.331. The van der Waals surface area contributed by atoms with Gasteiger partial charge in [-0.3, -0.25) is 9.78 Å². The van der Waals surface area contributed by atoms with Crippen molar-refractivity contribution in [1.82, 2.24) is 24.8 Å². The first-order chi connectivity index (χ1) is 16.5. The predicted octanol–water partition coefficient (Wildman–Crippen LogP) is 4.92. The van der Waals surface area contributed by atoms with Gasteiger partial charge >= 0.3 is 0 Å². The molecule has 2 N–H and O–H groups in total. The first-order valence-electron chi connectivity index (χ1n) is 11.0. The average Bonchev–Trinajstić information content (AvgIpc) is 3.24. The molecule has 1 amide bonds. The Morgan fingerprint density at radius 2 is 2.06 bits per heavy atom. The van der Waals surface area contributed by atoms with Crippen LogP contribution in [0.3, 0.4) is 0 Å². The Bertz CT molecular complexity index is 1300. The van der Waals surface area contributed by atoms with Gasteiger partial charge in [0.05, 0.1) is 30.2 Å². The SMILES string of the molecule is COc1ccc(C(=O)NCCSC)cc1Nc1nccc(-c2cn(C(C)C)c3cnccc23)n1. The van der Waals surface area contributed by atoms with E-state index in [1.54, 1.807) is 49.5 Å². The summed E-state index contributed by atoms with van der Waals surface area (Å²) in [5.74, 6) is 1.73. The summed E-state index contributed by atoms with van der Waals surface area (Å²) in [5, 5.41) is 7.22. The van der Waals surface area contributed by atoms with Crippen molar-refractivity contribution in [3.05, 3.63) is 60.7 Å². The molecule has 1 aromatic carbocycles. The third kappa shape index (κ3) is 4.99. The summed E-state index contributed by atoms with van der Waals surface area (Å²) >= 11 is 1.68. The molecule has 0 aliphatic carbocycles. The zero-order valence-electron chi connectivity index (χ0n) is 19.7. The van der Waals surface area contributed by atoms with Gasteiger partial charge in [-0.15, -0.1) is 0 Å². The summed E-state index contributed by atoms with van der Waals surface area (Å²) in [6, 6.07) is 9.43. The van der Waals surface area contributed by atoms with Crippen molar-refractivity contribution < 1.29 is 9.53 Å². The fourth-order valence-electron chi connectivity index (χ4n) is 3.73. The molecule has 0 bridgehead atoms. The van der Waals surface area contributed by atoms with E-state index in [0.29, 0.717) is 29.5 Å². The van der Waals surface area contributed by atoms with E-state index in [4.69, 9.17) is 9.72 Å². The molecule has 34 heavy (non-hydrogen) atoms. The van der Waals surface area contributed by atoms with Crippen molar-refractivity contribution in [2.24, 2.45) is 0 Å². The number of methoxy groups -OCH3 is 1. The number of thioether (sulfide) groups is 1. The molecule has 0 saturated carbocycles. The second-order valence-corrected chi connectivity index (χ2v) is 8.98. The Kier molecular flexibility index (Phi) is 7.32. The van der Waals surface area contributed by atoms with E-state index in [0.717, 1.165) is 27.9 Å². The van der Waals surface area contributed by atoms with Crippen molar-refractivity contribution >= 4 is 40.2 Å². The summed E-state index contributed by atoms with van der Waals surface area (Å²) in [5.41, 5.74) is 4.00. The van der Waals surface area contributed by atoms with Crippen molar-refractivity contribution in [3.8, 4) is 17.0 Å². The molecule has 0 atom stereocenters. The highest BCUT2D eigenvalue weighted by Gasteiger charge is 2.15. The van der Waals surface area contributed by atoms with Crippen LogP contribution >= 0.6 is 11.8 Å². The van der Waals surface area contributed by atoms with E-state index in [9.17, 15) is 4.79 Å². The lowest BCUT2D eigenvalue weighted by Crippen LogP contribution is -2.25. The summed E-state index contributed by atoms with van der Waals surface area (Å²) in [7, 11) is 1.59. The van der Waals surface area contributed by atoms with Crippen LogP contribution in [0.1, 0.15) is 30.2 Å². The van der Waals surface area contributed by atoms with Crippen LogP contribution in [0.15, 0.2) is 55.1 Å². The first-order valence-corrected chi connectivity index (χ1v) is 12.4. The molecule has 0 saturated heterocycles. The van der Waals surface area contributed by atoms with Gasteiger partial charge in [-0.05, 0) is 50.4 Å². The molecule has 176 valence electrons. The molecule has 4 aromatic rings. The number of anilines is 2. The number of hydrogen-bond donors (Lipinski definition) is 2. The van der Waals surface area contributed by atoms with Gasteiger partial charge in [0.25, 0.3) is 5.91 Å². The summed E-state index contributed by atoms with van der Waals surface area (Å²) in [6.45, 7) is 4.89. The number of nitrogens with zero attached hydrogens (tertiary/aromatic N) is 4. The Hall–Kier alpha value is -3.59. The minimum atomic E-state index is -0.135. The highest BCUT2D eigenvalue weighted by atomic mass is 32.2. The van der Waals surface area contributed by atoms with E-state index in [1.807, 2.05) is 24.6 Å². The second-order valence-electron chi connectivity index (χ2n) is 7.99. The van der Waals surface area contributed by atoms with Crippen LogP contribution in [0.5, 0.6) is 5.75 Å². The van der Waals surface area contributed by atoms with E-state index in [-0.39, 0.29) is 11.9 Å². The number of ether oxygens (including phenoxy) is 1. The van der Waals surface area contributed by atoms with E-state index in [1.165, 1.54) is 0 Å². The van der Waals surface area contributed by atoms with Gasteiger partial charge in [0.2, 0.25) is 5.95 Å². The lowest BCUT2D eigenvalue weighted by Gasteiger charge is -2.12. The number of aromatic nitrogens is 4. The van der Waals surface area contributed by atoms with E-state index < -0.39 is 0 Å². The van der Waals surface area contributed by atoms with Crippen molar-refractivity contribution in [2.75, 3.05) is 31.0 Å². The minimum Gasteiger partial charge on any atom is -0.495 e. The zero-order valence-corrected chi connectivity index (χ0v) is 20.5. The van der Waals surface area contributed by atoms with Crippen molar-refractivity contribution in [3.63, 3.8) is 0 Å². The van der Waals surface area contributed by atoms with E-state index >= 15 is 0 Å². The smallest absolute Gasteiger partial charge is 0.251 e. The average molecular weight is 477 g/mol. The molecule has 0 spiro atoms. The molecule has 3 heterocycles. The van der Waals surface area contributed by atoms with Gasteiger partial charge in [-0.25, -0.2) is 9.97 Å². The van der Waals surface area contributed by atoms with E-state index in [2.05, 4.69) is 45.2 Å². The fraction of sp³-hybridized carbons (Fsp3) is 0.280. The monoisotopic (exact) mass is 476 g/mol. The number of benzene rings is 1. The fourth-order valence-corrected chi connectivity index (χ4v) is 4.04. The number of amides is 1. The Morgan fingerprint density at radius 1 is 1.21 bits per heavy atom. The first kappa shape index (κ1) is 23.6. The summed E-state index contributed by atoms with van der Waals surface area (Å²) in [6.07, 6.45) is 9.49. The highest BCUT2D eigenvalue weighted by Crippen LogP contribution is 2.32. The van der Waals surface area contributed by atoms with Crippen molar-refractivity contribution in [1.29, 1.82) is 0 Å². The Balaban J connectivity index is 1.65. The topological polar surface area (TPSA) is 94.0 Å². The molecule has 4 rings (SSSR count). The number of fused-ring (bicyclic) bond motifs is 1. The molecule has 3 aromatic heterocycles. The molecule has 8 nitrogen and oxygen atoms in total. The number of carbonyl (C=O) groups is 1. The minimum absolute atomic E-state index is 0.135. The third-order valence-electron chi connectivity index (χ3n) is 5.42.